The Hall–Kier alpha value is -1.06. The average molecular weight is 212 g/mol. The van der Waals surface area contributed by atoms with Crippen LogP contribution in [0, 0.1) is 0 Å². The Morgan fingerprint density at radius 1 is 1.20 bits per heavy atom. The van der Waals surface area contributed by atoms with Gasteiger partial charge >= 0.3 is 11.8 Å². The van der Waals surface area contributed by atoms with Crippen molar-refractivity contribution in [1.29, 1.82) is 0 Å². The van der Waals surface area contributed by atoms with Gasteiger partial charge in [0.1, 0.15) is 0 Å². The summed E-state index contributed by atoms with van der Waals surface area (Å²) in [6.07, 6.45) is 2.02. The lowest BCUT2D eigenvalue weighted by molar-refractivity contribution is -0.157. The Morgan fingerprint density at radius 2 is 1.87 bits per heavy atom. The van der Waals surface area contributed by atoms with E-state index in [2.05, 4.69) is 6.92 Å². The predicted molar refractivity (Wildman–Crippen MR) is 58.3 cm³/mol. The molecule has 0 saturated carbocycles. The van der Waals surface area contributed by atoms with Crippen LogP contribution < -0.4 is 0 Å². The predicted octanol–water partition coefficient (Wildman–Crippen LogP) is 0.866. The van der Waals surface area contributed by atoms with Gasteiger partial charge < -0.3 is 9.80 Å². The van der Waals surface area contributed by atoms with Crippen molar-refractivity contribution < 1.29 is 9.59 Å². The molecule has 1 heterocycles. The summed E-state index contributed by atoms with van der Waals surface area (Å²) in [7, 11) is 0. The zero-order valence-electron chi connectivity index (χ0n) is 9.82. The molecule has 0 aromatic carbocycles. The van der Waals surface area contributed by atoms with Crippen molar-refractivity contribution in [2.75, 3.05) is 19.6 Å². The van der Waals surface area contributed by atoms with E-state index in [4.69, 9.17) is 0 Å². The maximum Gasteiger partial charge on any atom is 0.312 e. The van der Waals surface area contributed by atoms with E-state index in [1.54, 1.807) is 9.80 Å². The third-order valence-electron chi connectivity index (χ3n) is 2.75. The first-order valence-corrected chi connectivity index (χ1v) is 5.67. The highest BCUT2D eigenvalue weighted by atomic mass is 16.2. The Morgan fingerprint density at radius 3 is 2.40 bits per heavy atom. The van der Waals surface area contributed by atoms with Gasteiger partial charge in [0.2, 0.25) is 0 Å². The van der Waals surface area contributed by atoms with Crippen molar-refractivity contribution in [3.8, 4) is 0 Å². The molecule has 0 aliphatic carbocycles. The summed E-state index contributed by atoms with van der Waals surface area (Å²) >= 11 is 0. The molecule has 0 aromatic heterocycles. The highest BCUT2D eigenvalue weighted by Crippen LogP contribution is 2.09. The summed E-state index contributed by atoms with van der Waals surface area (Å²) in [5.41, 5.74) is 0. The van der Waals surface area contributed by atoms with E-state index in [1.165, 1.54) is 0 Å². The molecule has 1 fully saturated rings. The molecule has 0 N–H and O–H groups in total. The molecule has 15 heavy (non-hydrogen) atoms. The first kappa shape index (κ1) is 12.0. The molecule has 0 aromatic rings. The molecule has 0 unspecified atom stereocenters. The SMILES string of the molecule is CCCCN1CCN(C(C)C)C(=O)C1=O. The Labute approximate surface area is 91.2 Å². The lowest BCUT2D eigenvalue weighted by Gasteiger charge is -2.35. The van der Waals surface area contributed by atoms with Crippen LogP contribution in [-0.4, -0.2) is 47.3 Å². The van der Waals surface area contributed by atoms with Crippen molar-refractivity contribution in [1.82, 2.24) is 9.80 Å². The van der Waals surface area contributed by atoms with Crippen molar-refractivity contribution in [3.63, 3.8) is 0 Å². The van der Waals surface area contributed by atoms with Gasteiger partial charge in [-0.2, -0.15) is 0 Å². The molecule has 0 bridgehead atoms. The van der Waals surface area contributed by atoms with Crippen LogP contribution in [0.2, 0.25) is 0 Å². The quantitative estimate of drug-likeness (QED) is 0.649. The van der Waals surface area contributed by atoms with E-state index >= 15 is 0 Å². The number of hydrogen-bond acceptors (Lipinski definition) is 2. The van der Waals surface area contributed by atoms with Crippen LogP contribution in [0.4, 0.5) is 0 Å². The van der Waals surface area contributed by atoms with Crippen LogP contribution in [0.15, 0.2) is 0 Å². The molecule has 1 saturated heterocycles. The first-order valence-electron chi connectivity index (χ1n) is 5.67. The third-order valence-corrected chi connectivity index (χ3v) is 2.75. The van der Waals surface area contributed by atoms with E-state index in [-0.39, 0.29) is 17.9 Å². The number of piperazine rings is 1. The van der Waals surface area contributed by atoms with Gasteiger partial charge in [-0.05, 0) is 20.3 Å². The average Bonchev–Trinajstić information content (AvgIpc) is 2.20. The molecule has 0 atom stereocenters. The number of unbranched alkanes of at least 4 members (excludes halogenated alkanes) is 1. The lowest BCUT2D eigenvalue weighted by Crippen LogP contribution is -2.56. The minimum Gasteiger partial charge on any atom is -0.333 e. The minimum atomic E-state index is -0.340. The number of rotatable bonds is 4. The maximum absolute atomic E-state index is 11.7. The second kappa shape index (κ2) is 5.14. The fraction of sp³-hybridized carbons (Fsp3) is 0.818. The summed E-state index contributed by atoms with van der Waals surface area (Å²) in [4.78, 5) is 26.7. The molecule has 4 nitrogen and oxygen atoms in total. The fourth-order valence-corrected chi connectivity index (χ4v) is 1.74. The molecule has 0 radical (unpaired) electrons. The molecule has 1 aliphatic heterocycles. The van der Waals surface area contributed by atoms with E-state index in [1.807, 2.05) is 13.8 Å². The Kier molecular flexibility index (Phi) is 4.12. The summed E-state index contributed by atoms with van der Waals surface area (Å²) in [6.45, 7) is 8.03. The third kappa shape index (κ3) is 2.70. The van der Waals surface area contributed by atoms with Gasteiger partial charge in [0.15, 0.2) is 0 Å². The number of carbonyl (C=O) groups is 2. The van der Waals surface area contributed by atoms with Gasteiger partial charge in [-0.25, -0.2) is 0 Å². The summed E-state index contributed by atoms with van der Waals surface area (Å²) in [6, 6.07) is 0.120. The van der Waals surface area contributed by atoms with Gasteiger partial charge in [-0.3, -0.25) is 9.59 Å². The smallest absolute Gasteiger partial charge is 0.312 e. The number of carbonyl (C=O) groups excluding carboxylic acids is 2. The highest BCUT2D eigenvalue weighted by Gasteiger charge is 2.32. The van der Waals surface area contributed by atoms with Gasteiger partial charge in [-0.15, -0.1) is 0 Å². The van der Waals surface area contributed by atoms with Crippen LogP contribution >= 0.6 is 0 Å². The Bertz CT molecular complexity index is 251. The van der Waals surface area contributed by atoms with Crippen molar-refractivity contribution in [2.24, 2.45) is 0 Å². The van der Waals surface area contributed by atoms with E-state index in [9.17, 15) is 9.59 Å². The summed E-state index contributed by atoms with van der Waals surface area (Å²) in [5, 5.41) is 0. The van der Waals surface area contributed by atoms with Crippen LogP contribution in [0.1, 0.15) is 33.6 Å². The maximum atomic E-state index is 11.7. The lowest BCUT2D eigenvalue weighted by atomic mass is 10.2. The van der Waals surface area contributed by atoms with Crippen molar-refractivity contribution in [3.05, 3.63) is 0 Å². The normalized spacial score (nSPS) is 17.9. The number of nitrogens with zero attached hydrogens (tertiary/aromatic N) is 2. The second-order valence-corrected chi connectivity index (χ2v) is 4.24. The van der Waals surface area contributed by atoms with Gasteiger partial charge in [0, 0.05) is 25.7 Å². The standard InChI is InChI=1S/C11H20N2O2/c1-4-5-6-12-7-8-13(9(2)3)11(15)10(12)14/h9H,4-8H2,1-3H3. The van der Waals surface area contributed by atoms with E-state index in [0.29, 0.717) is 19.6 Å². The summed E-state index contributed by atoms with van der Waals surface area (Å²) < 4.78 is 0. The number of amides is 2. The van der Waals surface area contributed by atoms with E-state index in [0.717, 1.165) is 12.8 Å². The van der Waals surface area contributed by atoms with E-state index < -0.39 is 0 Å². The second-order valence-electron chi connectivity index (χ2n) is 4.24. The molecule has 1 aliphatic rings. The molecule has 86 valence electrons. The summed E-state index contributed by atoms with van der Waals surface area (Å²) in [5.74, 6) is -0.671. The molecule has 1 rings (SSSR count). The zero-order valence-corrected chi connectivity index (χ0v) is 9.82. The van der Waals surface area contributed by atoms with Gasteiger partial charge in [0.05, 0.1) is 0 Å². The van der Waals surface area contributed by atoms with Gasteiger partial charge in [-0.1, -0.05) is 13.3 Å². The molecule has 4 heteroatoms. The van der Waals surface area contributed by atoms with Crippen LogP contribution in [0.3, 0.4) is 0 Å². The first-order chi connectivity index (χ1) is 7.07. The minimum absolute atomic E-state index is 0.120. The highest BCUT2D eigenvalue weighted by molar-refractivity contribution is 6.35. The van der Waals surface area contributed by atoms with Gasteiger partial charge in [0.25, 0.3) is 0 Å². The van der Waals surface area contributed by atoms with Crippen molar-refractivity contribution in [2.45, 2.75) is 39.7 Å². The van der Waals surface area contributed by atoms with Crippen molar-refractivity contribution >= 4 is 11.8 Å². The molecular formula is C11H20N2O2. The monoisotopic (exact) mass is 212 g/mol. The molecular weight excluding hydrogens is 192 g/mol. The Balaban J connectivity index is 2.57. The molecule has 0 spiro atoms. The number of hydrogen-bond donors (Lipinski definition) is 0. The van der Waals surface area contributed by atoms with Crippen LogP contribution in [-0.2, 0) is 9.59 Å². The largest absolute Gasteiger partial charge is 0.333 e. The zero-order chi connectivity index (χ0) is 11.4. The topological polar surface area (TPSA) is 40.6 Å². The fourth-order valence-electron chi connectivity index (χ4n) is 1.74. The van der Waals surface area contributed by atoms with Crippen LogP contribution in [0.5, 0.6) is 0 Å². The van der Waals surface area contributed by atoms with Crippen LogP contribution in [0.25, 0.3) is 0 Å². The molecule has 2 amide bonds.